The van der Waals surface area contributed by atoms with E-state index in [1.54, 1.807) is 39.8 Å². The lowest BCUT2D eigenvalue weighted by Gasteiger charge is -2.25. The SMILES string of the molecule is CC(C)OC(=O)N1CCc2nc(C(C)(C)c3ccccc3)nc(OS(=O)(=O)C(F)(F)F)c2CC1. The molecule has 1 aromatic carbocycles. The summed E-state index contributed by atoms with van der Waals surface area (Å²) in [6, 6.07) is 9.03. The summed E-state index contributed by atoms with van der Waals surface area (Å²) in [5.41, 5.74) is -5.30. The number of rotatable bonds is 5. The van der Waals surface area contributed by atoms with E-state index in [1.165, 1.54) is 4.90 Å². The van der Waals surface area contributed by atoms with Gasteiger partial charge in [0.15, 0.2) is 0 Å². The van der Waals surface area contributed by atoms with Crippen molar-refractivity contribution in [2.75, 3.05) is 13.1 Å². The third-order valence-corrected chi connectivity index (χ3v) is 6.37. The second kappa shape index (κ2) is 9.40. The van der Waals surface area contributed by atoms with Crippen LogP contribution in [0.25, 0.3) is 0 Å². The molecular weight excluding hydrogens is 475 g/mol. The molecule has 186 valence electrons. The third-order valence-electron chi connectivity index (χ3n) is 5.43. The molecule has 3 rings (SSSR count). The van der Waals surface area contributed by atoms with Gasteiger partial charge in [-0.15, -0.1) is 0 Å². The standard InChI is InChI=1S/C22H26F3N3O5S/c1-14(2)32-20(29)28-12-10-16-17(11-13-28)26-19(21(3,4)15-8-6-5-7-9-15)27-18(16)33-34(30,31)22(23,24)25/h5-9,14H,10-13H2,1-4H3. The first-order valence-corrected chi connectivity index (χ1v) is 12.1. The van der Waals surface area contributed by atoms with Crippen LogP contribution in [-0.4, -0.2) is 54.1 Å². The molecule has 0 fully saturated rings. The highest BCUT2D eigenvalue weighted by Crippen LogP contribution is 2.35. The molecule has 0 saturated heterocycles. The fourth-order valence-electron chi connectivity index (χ4n) is 3.51. The van der Waals surface area contributed by atoms with Crippen LogP contribution < -0.4 is 4.18 Å². The molecule has 1 amide bonds. The molecule has 8 nitrogen and oxygen atoms in total. The Morgan fingerprint density at radius 3 is 2.26 bits per heavy atom. The van der Waals surface area contributed by atoms with Gasteiger partial charge >= 0.3 is 21.7 Å². The minimum Gasteiger partial charge on any atom is -0.447 e. The quantitative estimate of drug-likeness (QED) is 0.452. The molecule has 0 radical (unpaired) electrons. The fourth-order valence-corrected chi connectivity index (χ4v) is 3.95. The first-order chi connectivity index (χ1) is 15.7. The third kappa shape index (κ3) is 5.43. The summed E-state index contributed by atoms with van der Waals surface area (Å²) in [5, 5.41) is 0. The maximum Gasteiger partial charge on any atom is 0.534 e. The Balaban J connectivity index is 2.08. The molecule has 1 aliphatic heterocycles. The van der Waals surface area contributed by atoms with E-state index < -0.39 is 33.0 Å². The molecule has 1 aliphatic rings. The first-order valence-electron chi connectivity index (χ1n) is 10.6. The summed E-state index contributed by atoms with van der Waals surface area (Å²) in [7, 11) is -5.96. The molecule has 0 unspecified atom stereocenters. The minimum absolute atomic E-state index is 0.00269. The lowest BCUT2D eigenvalue weighted by molar-refractivity contribution is -0.0501. The summed E-state index contributed by atoms with van der Waals surface area (Å²) >= 11 is 0. The fraction of sp³-hybridized carbons (Fsp3) is 0.500. The normalized spacial score (nSPS) is 15.0. The number of hydrogen-bond acceptors (Lipinski definition) is 7. The second-order valence-electron chi connectivity index (χ2n) is 8.67. The van der Waals surface area contributed by atoms with Crippen molar-refractivity contribution in [1.82, 2.24) is 14.9 Å². The van der Waals surface area contributed by atoms with Crippen LogP contribution in [0.2, 0.25) is 0 Å². The topological polar surface area (TPSA) is 98.7 Å². The number of fused-ring (bicyclic) bond motifs is 1. The molecule has 2 heterocycles. The van der Waals surface area contributed by atoms with Gasteiger partial charge in [-0.2, -0.15) is 26.6 Å². The Morgan fingerprint density at radius 1 is 1.06 bits per heavy atom. The van der Waals surface area contributed by atoms with Gasteiger partial charge in [0.25, 0.3) is 0 Å². The number of benzene rings is 1. The van der Waals surface area contributed by atoms with Crippen LogP contribution in [0.1, 0.15) is 50.3 Å². The van der Waals surface area contributed by atoms with Gasteiger partial charge in [-0.1, -0.05) is 30.3 Å². The van der Waals surface area contributed by atoms with Crippen molar-refractivity contribution in [2.24, 2.45) is 0 Å². The summed E-state index contributed by atoms with van der Waals surface area (Å²) in [4.78, 5) is 22.5. The summed E-state index contributed by atoms with van der Waals surface area (Å²) in [6.45, 7) is 7.20. The molecule has 0 aliphatic carbocycles. The molecule has 0 bridgehead atoms. The van der Waals surface area contributed by atoms with Crippen molar-refractivity contribution in [3.63, 3.8) is 0 Å². The highest BCUT2D eigenvalue weighted by molar-refractivity contribution is 7.87. The molecule has 1 aromatic heterocycles. The van der Waals surface area contributed by atoms with Gasteiger partial charge in [-0.3, -0.25) is 0 Å². The predicted molar refractivity (Wildman–Crippen MR) is 117 cm³/mol. The van der Waals surface area contributed by atoms with Crippen LogP contribution in [-0.2, 0) is 33.1 Å². The average molecular weight is 502 g/mol. The Kier molecular flexibility index (Phi) is 7.11. The van der Waals surface area contributed by atoms with Crippen LogP contribution in [0, 0.1) is 0 Å². The van der Waals surface area contributed by atoms with Crippen LogP contribution in [0.15, 0.2) is 30.3 Å². The number of ether oxygens (including phenoxy) is 1. The molecule has 2 aromatic rings. The van der Waals surface area contributed by atoms with Gasteiger partial charge in [-0.25, -0.2) is 9.78 Å². The van der Waals surface area contributed by atoms with E-state index in [9.17, 15) is 26.4 Å². The zero-order valence-corrected chi connectivity index (χ0v) is 20.0. The molecule has 0 N–H and O–H groups in total. The molecule has 0 atom stereocenters. The molecular formula is C22H26F3N3O5S. The molecule has 0 spiro atoms. The van der Waals surface area contributed by atoms with Crippen molar-refractivity contribution < 1.29 is 35.3 Å². The second-order valence-corrected chi connectivity index (χ2v) is 10.2. The maximum atomic E-state index is 13.1. The van der Waals surface area contributed by atoms with Crippen LogP contribution in [0.5, 0.6) is 5.88 Å². The zero-order valence-electron chi connectivity index (χ0n) is 19.2. The lowest BCUT2D eigenvalue weighted by atomic mass is 9.83. The Labute approximate surface area is 196 Å². The van der Waals surface area contributed by atoms with E-state index in [0.717, 1.165) is 5.56 Å². The minimum atomic E-state index is -5.96. The van der Waals surface area contributed by atoms with E-state index in [-0.39, 0.29) is 43.4 Å². The van der Waals surface area contributed by atoms with E-state index in [4.69, 9.17) is 4.74 Å². The monoisotopic (exact) mass is 501 g/mol. The Hall–Kier alpha value is -2.89. The van der Waals surface area contributed by atoms with Crippen molar-refractivity contribution >= 4 is 16.2 Å². The maximum absolute atomic E-state index is 13.1. The molecule has 12 heteroatoms. The number of amides is 1. The van der Waals surface area contributed by atoms with Crippen molar-refractivity contribution in [3.8, 4) is 5.88 Å². The van der Waals surface area contributed by atoms with Gasteiger partial charge in [0.05, 0.1) is 11.8 Å². The predicted octanol–water partition coefficient (Wildman–Crippen LogP) is 3.98. The van der Waals surface area contributed by atoms with E-state index in [0.29, 0.717) is 5.69 Å². The smallest absolute Gasteiger partial charge is 0.447 e. The number of carbonyl (C=O) groups excluding carboxylic acids is 1. The molecule has 0 saturated carbocycles. The number of aromatic nitrogens is 2. The van der Waals surface area contributed by atoms with E-state index in [1.807, 2.05) is 18.2 Å². The number of hydrogen-bond donors (Lipinski definition) is 0. The van der Waals surface area contributed by atoms with Crippen LogP contribution in [0.4, 0.5) is 18.0 Å². The average Bonchev–Trinajstić information content (AvgIpc) is 2.96. The van der Waals surface area contributed by atoms with Crippen LogP contribution in [0.3, 0.4) is 0 Å². The summed E-state index contributed by atoms with van der Waals surface area (Å²) in [6.07, 6.45) is -0.777. The number of carbonyl (C=O) groups is 1. The zero-order chi connectivity index (χ0) is 25.3. The Morgan fingerprint density at radius 2 is 1.68 bits per heavy atom. The van der Waals surface area contributed by atoms with Crippen molar-refractivity contribution in [2.45, 2.75) is 57.6 Å². The van der Waals surface area contributed by atoms with Gasteiger partial charge in [0.2, 0.25) is 5.88 Å². The molecule has 34 heavy (non-hydrogen) atoms. The lowest BCUT2D eigenvalue weighted by Crippen LogP contribution is -2.35. The van der Waals surface area contributed by atoms with Gasteiger partial charge < -0.3 is 13.8 Å². The summed E-state index contributed by atoms with van der Waals surface area (Å²) < 4.78 is 72.7. The highest BCUT2D eigenvalue weighted by atomic mass is 32.2. The Bertz CT molecular complexity index is 1150. The van der Waals surface area contributed by atoms with Crippen molar-refractivity contribution in [3.05, 3.63) is 53.0 Å². The number of halogens is 3. The number of alkyl halides is 3. The van der Waals surface area contributed by atoms with Gasteiger partial charge in [0.1, 0.15) is 5.82 Å². The van der Waals surface area contributed by atoms with E-state index in [2.05, 4.69) is 14.2 Å². The van der Waals surface area contributed by atoms with Gasteiger partial charge in [0, 0.05) is 30.5 Å². The largest absolute Gasteiger partial charge is 0.534 e. The van der Waals surface area contributed by atoms with Gasteiger partial charge in [-0.05, 0) is 39.7 Å². The van der Waals surface area contributed by atoms with E-state index >= 15 is 0 Å². The number of nitrogens with zero attached hydrogens (tertiary/aromatic N) is 3. The van der Waals surface area contributed by atoms with Crippen molar-refractivity contribution in [1.29, 1.82) is 0 Å². The highest BCUT2D eigenvalue weighted by Gasteiger charge is 2.49. The first kappa shape index (κ1) is 25.7. The van der Waals surface area contributed by atoms with Crippen LogP contribution >= 0.6 is 0 Å². The summed E-state index contributed by atoms with van der Waals surface area (Å²) in [5.74, 6) is -0.580.